The Morgan fingerprint density at radius 1 is 0.938 bits per heavy atom. The Labute approximate surface area is 187 Å². The number of pyridine rings is 1. The molecular weight excluding hydrogens is 430 g/mol. The van der Waals surface area contributed by atoms with Crippen LogP contribution in [0.4, 0.5) is 0 Å². The topological polar surface area (TPSA) is 107 Å². The number of nitrogens with zero attached hydrogens (tertiary/aromatic N) is 1. The number of carbonyl (C=O) groups excluding carboxylic acids is 1. The first-order chi connectivity index (χ1) is 15.4. The lowest BCUT2D eigenvalue weighted by molar-refractivity contribution is -0.122. The fraction of sp³-hybridized carbons (Fsp3) is 0.217. The van der Waals surface area contributed by atoms with Crippen LogP contribution in [0.5, 0.6) is 11.5 Å². The number of hydrogen-bond donors (Lipinski definition) is 2. The second-order valence-corrected chi connectivity index (χ2v) is 8.67. The van der Waals surface area contributed by atoms with Crippen LogP contribution in [-0.4, -0.2) is 39.6 Å². The number of ether oxygens (including phenoxy) is 2. The first kappa shape index (κ1) is 23.2. The lowest BCUT2D eigenvalue weighted by Gasteiger charge is -2.19. The van der Waals surface area contributed by atoms with Gasteiger partial charge in [-0.05, 0) is 41.8 Å². The first-order valence-electron chi connectivity index (χ1n) is 9.88. The Kier molecular flexibility index (Phi) is 7.80. The summed E-state index contributed by atoms with van der Waals surface area (Å²) in [6.45, 7) is 0.255. The van der Waals surface area contributed by atoms with Crippen LogP contribution in [0.25, 0.3) is 0 Å². The minimum atomic E-state index is -4.02. The van der Waals surface area contributed by atoms with E-state index in [0.29, 0.717) is 5.75 Å². The van der Waals surface area contributed by atoms with Gasteiger partial charge in [-0.2, -0.15) is 4.72 Å². The molecule has 0 bridgehead atoms. The average Bonchev–Trinajstić information content (AvgIpc) is 2.82. The molecule has 1 heterocycles. The van der Waals surface area contributed by atoms with E-state index in [-0.39, 0.29) is 23.6 Å². The Morgan fingerprint density at radius 2 is 1.62 bits per heavy atom. The molecule has 0 aliphatic carbocycles. The minimum Gasteiger partial charge on any atom is -0.493 e. The Morgan fingerprint density at radius 3 is 2.28 bits per heavy atom. The third-order valence-corrected chi connectivity index (χ3v) is 6.25. The SMILES string of the molecule is COc1ccc(S(=O)(=O)N[C@@H](Cc2ccccc2)C(=O)NCc2ccncc2)cc1OC. The molecule has 8 nitrogen and oxygen atoms in total. The molecule has 168 valence electrons. The minimum absolute atomic E-state index is 0.0323. The lowest BCUT2D eigenvalue weighted by Crippen LogP contribution is -2.47. The number of amides is 1. The maximum Gasteiger partial charge on any atom is 0.241 e. The Bertz CT molecular complexity index is 1140. The molecule has 2 aromatic carbocycles. The van der Waals surface area contributed by atoms with Gasteiger partial charge >= 0.3 is 0 Å². The highest BCUT2D eigenvalue weighted by atomic mass is 32.2. The largest absolute Gasteiger partial charge is 0.493 e. The van der Waals surface area contributed by atoms with Crippen molar-refractivity contribution in [3.05, 3.63) is 84.2 Å². The van der Waals surface area contributed by atoms with Crippen LogP contribution >= 0.6 is 0 Å². The molecule has 1 atom stereocenters. The molecular formula is C23H25N3O5S. The van der Waals surface area contributed by atoms with Gasteiger partial charge in [0.2, 0.25) is 15.9 Å². The van der Waals surface area contributed by atoms with Crippen molar-refractivity contribution in [3.8, 4) is 11.5 Å². The second kappa shape index (κ2) is 10.7. The average molecular weight is 456 g/mol. The molecule has 1 aromatic heterocycles. The summed E-state index contributed by atoms with van der Waals surface area (Å²) in [4.78, 5) is 16.9. The van der Waals surface area contributed by atoms with Crippen LogP contribution in [0.2, 0.25) is 0 Å². The van der Waals surface area contributed by atoms with E-state index in [9.17, 15) is 13.2 Å². The summed E-state index contributed by atoms with van der Waals surface area (Å²) >= 11 is 0. The van der Waals surface area contributed by atoms with Crippen LogP contribution in [0.1, 0.15) is 11.1 Å². The lowest BCUT2D eigenvalue weighted by atomic mass is 10.1. The molecule has 9 heteroatoms. The highest BCUT2D eigenvalue weighted by Crippen LogP contribution is 2.29. The number of methoxy groups -OCH3 is 2. The number of benzene rings is 2. The molecule has 0 fully saturated rings. The molecule has 0 saturated heterocycles. The number of carbonyl (C=O) groups is 1. The summed E-state index contributed by atoms with van der Waals surface area (Å²) in [5.41, 5.74) is 1.68. The molecule has 0 radical (unpaired) electrons. The van der Waals surface area contributed by atoms with Gasteiger partial charge in [0.05, 0.1) is 19.1 Å². The number of sulfonamides is 1. The number of nitrogens with one attached hydrogen (secondary N) is 2. The van der Waals surface area contributed by atoms with Crippen molar-refractivity contribution >= 4 is 15.9 Å². The maximum atomic E-state index is 13.1. The summed E-state index contributed by atoms with van der Waals surface area (Å²) in [5.74, 6) is 0.245. The molecule has 2 N–H and O–H groups in total. The van der Waals surface area contributed by atoms with E-state index < -0.39 is 22.0 Å². The predicted molar refractivity (Wildman–Crippen MR) is 120 cm³/mol. The number of rotatable bonds is 10. The van der Waals surface area contributed by atoms with E-state index in [1.54, 1.807) is 24.5 Å². The molecule has 32 heavy (non-hydrogen) atoms. The highest BCUT2D eigenvalue weighted by molar-refractivity contribution is 7.89. The zero-order valence-corrected chi connectivity index (χ0v) is 18.6. The summed E-state index contributed by atoms with van der Waals surface area (Å²) < 4.78 is 39.1. The standard InChI is InChI=1S/C23H25N3O5S/c1-30-21-9-8-19(15-22(21)31-2)32(28,29)26-20(14-17-6-4-3-5-7-17)23(27)25-16-18-10-12-24-13-11-18/h3-13,15,20,26H,14,16H2,1-2H3,(H,25,27)/t20-/m0/s1. The molecule has 3 rings (SSSR count). The van der Waals surface area contributed by atoms with E-state index in [1.165, 1.54) is 32.4 Å². The second-order valence-electron chi connectivity index (χ2n) is 6.95. The zero-order valence-electron chi connectivity index (χ0n) is 17.8. The van der Waals surface area contributed by atoms with Crippen molar-refractivity contribution in [1.29, 1.82) is 0 Å². The Balaban J connectivity index is 1.83. The first-order valence-corrected chi connectivity index (χ1v) is 11.4. The fourth-order valence-corrected chi connectivity index (χ4v) is 4.30. The summed E-state index contributed by atoms with van der Waals surface area (Å²) in [5, 5.41) is 2.80. The van der Waals surface area contributed by atoms with Crippen LogP contribution in [0, 0.1) is 0 Å². The van der Waals surface area contributed by atoms with Crippen LogP contribution in [0.3, 0.4) is 0 Å². The van der Waals surface area contributed by atoms with Gasteiger partial charge in [-0.3, -0.25) is 9.78 Å². The van der Waals surface area contributed by atoms with E-state index >= 15 is 0 Å². The van der Waals surface area contributed by atoms with Crippen molar-refractivity contribution in [2.24, 2.45) is 0 Å². The normalized spacial score (nSPS) is 12.1. The monoisotopic (exact) mass is 455 g/mol. The summed E-state index contributed by atoms with van der Waals surface area (Å²) in [6.07, 6.45) is 3.45. The van der Waals surface area contributed by atoms with E-state index in [1.807, 2.05) is 30.3 Å². The van der Waals surface area contributed by atoms with Gasteiger partial charge in [0, 0.05) is 25.0 Å². The smallest absolute Gasteiger partial charge is 0.241 e. The van der Waals surface area contributed by atoms with Gasteiger partial charge in [0.1, 0.15) is 6.04 Å². The maximum absolute atomic E-state index is 13.1. The van der Waals surface area contributed by atoms with Crippen molar-refractivity contribution in [2.45, 2.75) is 23.9 Å². The van der Waals surface area contributed by atoms with Crippen molar-refractivity contribution in [3.63, 3.8) is 0 Å². The van der Waals surface area contributed by atoms with Gasteiger partial charge in [0.25, 0.3) is 0 Å². The molecule has 0 unspecified atom stereocenters. The van der Waals surface area contributed by atoms with Gasteiger partial charge < -0.3 is 14.8 Å². The van der Waals surface area contributed by atoms with Crippen molar-refractivity contribution in [1.82, 2.24) is 15.0 Å². The molecule has 0 spiro atoms. The van der Waals surface area contributed by atoms with E-state index in [2.05, 4.69) is 15.0 Å². The Hall–Kier alpha value is -3.43. The molecule has 0 aliphatic heterocycles. The highest BCUT2D eigenvalue weighted by Gasteiger charge is 2.27. The van der Waals surface area contributed by atoms with Crippen LogP contribution < -0.4 is 19.5 Å². The van der Waals surface area contributed by atoms with Crippen LogP contribution in [0.15, 0.2) is 78.0 Å². The third kappa shape index (κ3) is 6.05. The summed E-state index contributed by atoms with van der Waals surface area (Å²) in [6, 6.07) is 16.0. The fourth-order valence-electron chi connectivity index (χ4n) is 3.09. The van der Waals surface area contributed by atoms with Crippen molar-refractivity contribution < 1.29 is 22.7 Å². The summed E-state index contributed by atoms with van der Waals surface area (Å²) in [7, 11) is -1.13. The third-order valence-electron chi connectivity index (χ3n) is 4.78. The van der Waals surface area contributed by atoms with Gasteiger partial charge in [-0.1, -0.05) is 30.3 Å². The number of hydrogen-bond acceptors (Lipinski definition) is 6. The molecule has 0 aliphatic rings. The van der Waals surface area contributed by atoms with Gasteiger partial charge in [-0.25, -0.2) is 8.42 Å². The molecule has 3 aromatic rings. The predicted octanol–water partition coefficient (Wildman–Crippen LogP) is 2.30. The van der Waals surface area contributed by atoms with Crippen molar-refractivity contribution in [2.75, 3.05) is 14.2 Å². The molecule has 1 amide bonds. The molecule has 0 saturated carbocycles. The number of aromatic nitrogens is 1. The van der Waals surface area contributed by atoms with E-state index in [4.69, 9.17) is 9.47 Å². The van der Waals surface area contributed by atoms with Crippen LogP contribution in [-0.2, 0) is 27.8 Å². The van der Waals surface area contributed by atoms with Gasteiger partial charge in [-0.15, -0.1) is 0 Å². The van der Waals surface area contributed by atoms with E-state index in [0.717, 1.165) is 11.1 Å². The zero-order chi connectivity index (χ0) is 23.0. The van der Waals surface area contributed by atoms with Gasteiger partial charge in [0.15, 0.2) is 11.5 Å². The quantitative estimate of drug-likeness (QED) is 0.486.